The van der Waals surface area contributed by atoms with E-state index in [1.54, 1.807) is 0 Å². The van der Waals surface area contributed by atoms with Crippen molar-refractivity contribution in [3.8, 4) is 10.6 Å². The van der Waals surface area contributed by atoms with Crippen LogP contribution < -0.4 is 0 Å². The predicted octanol–water partition coefficient (Wildman–Crippen LogP) is 4.15. The molecule has 0 unspecified atom stereocenters. The first-order chi connectivity index (χ1) is 11.9. The lowest BCUT2D eigenvalue weighted by atomic mass is 10.0. The summed E-state index contributed by atoms with van der Waals surface area (Å²) in [6.07, 6.45) is 0. The first kappa shape index (κ1) is 19.6. The van der Waals surface area contributed by atoms with Gasteiger partial charge in [0.15, 0.2) is 0 Å². The third-order valence-electron chi connectivity index (χ3n) is 4.68. The van der Waals surface area contributed by atoms with Crippen LogP contribution in [-0.2, 0) is 0 Å². The predicted molar refractivity (Wildman–Crippen MR) is 107 cm³/mol. The molecule has 4 nitrogen and oxygen atoms in total. The van der Waals surface area contributed by atoms with E-state index in [1.165, 1.54) is 22.5 Å². The lowest BCUT2D eigenvalue weighted by Crippen LogP contribution is -2.36. The Bertz CT molecular complexity index is 714. The van der Waals surface area contributed by atoms with Crippen molar-refractivity contribution in [2.75, 3.05) is 33.2 Å². The van der Waals surface area contributed by atoms with E-state index in [1.807, 2.05) is 18.9 Å². The molecule has 0 bridgehead atoms. The summed E-state index contributed by atoms with van der Waals surface area (Å²) >= 11 is 1.51. The third kappa shape index (κ3) is 4.47. The van der Waals surface area contributed by atoms with Crippen LogP contribution in [0.1, 0.15) is 40.3 Å². The summed E-state index contributed by atoms with van der Waals surface area (Å²) < 4.78 is 0. The van der Waals surface area contributed by atoms with Gasteiger partial charge >= 0.3 is 0 Å². The second kappa shape index (κ2) is 8.59. The smallest absolute Gasteiger partial charge is 0.265 e. The second-order valence-electron chi connectivity index (χ2n) is 6.45. The van der Waals surface area contributed by atoms with Crippen LogP contribution in [-0.4, -0.2) is 53.9 Å². The highest BCUT2D eigenvalue weighted by Gasteiger charge is 2.21. The summed E-state index contributed by atoms with van der Waals surface area (Å²) in [7, 11) is 1.88. The average Bonchev–Trinajstić information content (AvgIpc) is 2.96. The Hall–Kier alpha value is -1.72. The lowest BCUT2D eigenvalue weighted by Gasteiger charge is -2.22. The molecule has 0 spiro atoms. The van der Waals surface area contributed by atoms with Crippen LogP contribution in [0.15, 0.2) is 18.2 Å². The van der Waals surface area contributed by atoms with Crippen LogP contribution in [0.2, 0.25) is 0 Å². The van der Waals surface area contributed by atoms with Crippen molar-refractivity contribution < 1.29 is 4.79 Å². The molecule has 1 heterocycles. The fraction of sp³-hybridized carbons (Fsp3) is 0.500. The molecular formula is C20H29N3OS. The molecule has 0 aliphatic rings. The van der Waals surface area contributed by atoms with Crippen LogP contribution in [0.3, 0.4) is 0 Å². The van der Waals surface area contributed by atoms with Crippen LogP contribution in [0.25, 0.3) is 10.6 Å². The Labute approximate surface area is 155 Å². The maximum absolute atomic E-state index is 12.8. The van der Waals surface area contributed by atoms with Crippen molar-refractivity contribution in [2.24, 2.45) is 0 Å². The molecule has 136 valence electrons. The van der Waals surface area contributed by atoms with Crippen LogP contribution >= 0.6 is 11.3 Å². The topological polar surface area (TPSA) is 36.4 Å². The molecule has 0 aliphatic heterocycles. The minimum atomic E-state index is 0.0691. The van der Waals surface area contributed by atoms with Gasteiger partial charge in [-0.05, 0) is 45.0 Å². The normalized spacial score (nSPS) is 11.2. The number of hydrogen-bond donors (Lipinski definition) is 0. The number of thiazole rings is 1. The van der Waals surface area contributed by atoms with Crippen LogP contribution in [0.4, 0.5) is 0 Å². The van der Waals surface area contributed by atoms with Gasteiger partial charge < -0.3 is 9.80 Å². The third-order valence-corrected chi connectivity index (χ3v) is 5.84. The van der Waals surface area contributed by atoms with Crippen molar-refractivity contribution in [2.45, 2.75) is 34.6 Å². The number of hydrogen-bond acceptors (Lipinski definition) is 4. The maximum atomic E-state index is 12.8. The van der Waals surface area contributed by atoms with E-state index in [-0.39, 0.29) is 5.91 Å². The number of rotatable bonds is 7. The Balaban J connectivity index is 2.20. The number of carbonyl (C=O) groups excluding carboxylic acids is 1. The molecule has 0 fully saturated rings. The zero-order valence-corrected chi connectivity index (χ0v) is 17.0. The van der Waals surface area contributed by atoms with Crippen LogP contribution in [0, 0.1) is 20.8 Å². The summed E-state index contributed by atoms with van der Waals surface area (Å²) in [5, 5.41) is 0.939. The molecule has 0 N–H and O–H groups in total. The number of likely N-dealkylation sites (N-methyl/N-ethyl adjacent to an activating group) is 2. The van der Waals surface area contributed by atoms with E-state index in [0.717, 1.165) is 47.3 Å². The van der Waals surface area contributed by atoms with Gasteiger partial charge in [-0.15, -0.1) is 11.3 Å². The number of carbonyl (C=O) groups is 1. The molecule has 0 saturated heterocycles. The summed E-state index contributed by atoms with van der Waals surface area (Å²) in [6.45, 7) is 14.1. The molecule has 0 atom stereocenters. The SMILES string of the molecule is CCN(CC)CCN(C)C(=O)c1sc(-c2c(C)cccc2C)nc1C. The molecule has 0 saturated carbocycles. The quantitative estimate of drug-likeness (QED) is 0.745. The number of nitrogens with zero attached hydrogens (tertiary/aromatic N) is 3. The minimum Gasteiger partial charge on any atom is -0.340 e. The van der Waals surface area contributed by atoms with E-state index in [0.29, 0.717) is 0 Å². The molecule has 1 amide bonds. The summed E-state index contributed by atoms with van der Waals surface area (Å²) in [4.78, 5) is 22.4. The molecule has 2 rings (SSSR count). The fourth-order valence-corrected chi connectivity index (χ4v) is 4.20. The molecule has 5 heteroatoms. The molecule has 0 radical (unpaired) electrons. The van der Waals surface area contributed by atoms with Gasteiger partial charge in [-0.1, -0.05) is 32.0 Å². The molecule has 0 aliphatic carbocycles. The molecular weight excluding hydrogens is 330 g/mol. The maximum Gasteiger partial charge on any atom is 0.265 e. The van der Waals surface area contributed by atoms with Crippen molar-refractivity contribution in [1.82, 2.24) is 14.8 Å². The highest BCUT2D eigenvalue weighted by Crippen LogP contribution is 2.33. The van der Waals surface area contributed by atoms with Crippen molar-refractivity contribution >= 4 is 17.2 Å². The minimum absolute atomic E-state index is 0.0691. The molecule has 1 aromatic carbocycles. The molecule has 25 heavy (non-hydrogen) atoms. The Morgan fingerprint density at radius 1 is 1.08 bits per heavy atom. The first-order valence-electron chi connectivity index (χ1n) is 8.90. The Kier molecular flexibility index (Phi) is 6.73. The zero-order valence-electron chi connectivity index (χ0n) is 16.2. The lowest BCUT2D eigenvalue weighted by molar-refractivity contribution is 0.0783. The average molecular weight is 360 g/mol. The standard InChI is InChI=1S/C20H29N3OS/c1-7-23(8-2)13-12-22(6)20(24)18-16(5)21-19(25-18)17-14(3)10-9-11-15(17)4/h9-11H,7-8,12-13H2,1-6H3. The van der Waals surface area contributed by atoms with E-state index < -0.39 is 0 Å². The summed E-state index contributed by atoms with van der Waals surface area (Å²) in [5.41, 5.74) is 4.37. The second-order valence-corrected chi connectivity index (χ2v) is 7.45. The Morgan fingerprint density at radius 2 is 1.68 bits per heavy atom. The number of benzene rings is 1. The van der Waals surface area contributed by atoms with Gasteiger partial charge in [-0.3, -0.25) is 4.79 Å². The fourth-order valence-electron chi connectivity index (χ4n) is 2.96. The van der Waals surface area contributed by atoms with E-state index in [9.17, 15) is 4.79 Å². The van der Waals surface area contributed by atoms with Crippen molar-refractivity contribution in [3.05, 3.63) is 39.9 Å². The van der Waals surface area contributed by atoms with Crippen LogP contribution in [0.5, 0.6) is 0 Å². The zero-order chi connectivity index (χ0) is 18.6. The monoisotopic (exact) mass is 359 g/mol. The van der Waals surface area contributed by atoms with E-state index in [2.05, 4.69) is 50.8 Å². The first-order valence-corrected chi connectivity index (χ1v) is 9.72. The molecule has 2 aromatic rings. The molecule has 1 aromatic heterocycles. The summed E-state index contributed by atoms with van der Waals surface area (Å²) in [5.74, 6) is 0.0691. The number of aryl methyl sites for hydroxylation is 3. The van der Waals surface area contributed by atoms with Crippen molar-refractivity contribution in [1.29, 1.82) is 0 Å². The van der Waals surface area contributed by atoms with Gasteiger partial charge in [0.05, 0.1) is 5.69 Å². The largest absolute Gasteiger partial charge is 0.340 e. The van der Waals surface area contributed by atoms with Crippen molar-refractivity contribution in [3.63, 3.8) is 0 Å². The van der Waals surface area contributed by atoms with E-state index >= 15 is 0 Å². The summed E-state index contributed by atoms with van der Waals surface area (Å²) in [6, 6.07) is 6.25. The van der Waals surface area contributed by atoms with Gasteiger partial charge in [0.2, 0.25) is 0 Å². The highest BCUT2D eigenvalue weighted by molar-refractivity contribution is 7.17. The number of amides is 1. The van der Waals surface area contributed by atoms with Gasteiger partial charge in [-0.2, -0.15) is 0 Å². The van der Waals surface area contributed by atoms with E-state index in [4.69, 9.17) is 4.98 Å². The highest BCUT2D eigenvalue weighted by atomic mass is 32.1. The number of aromatic nitrogens is 1. The van der Waals surface area contributed by atoms with Gasteiger partial charge in [0.25, 0.3) is 5.91 Å². The van der Waals surface area contributed by atoms with Gasteiger partial charge in [0, 0.05) is 25.7 Å². The van der Waals surface area contributed by atoms with Gasteiger partial charge in [0.1, 0.15) is 9.88 Å². The van der Waals surface area contributed by atoms with Gasteiger partial charge in [-0.25, -0.2) is 4.98 Å². The Morgan fingerprint density at radius 3 is 2.24 bits per heavy atom.